The average Bonchev–Trinajstić information content (AvgIpc) is 1.77. The second kappa shape index (κ2) is 26.1. The number of aliphatic hydroxyl groups is 2. The van der Waals surface area contributed by atoms with Crippen molar-refractivity contribution in [2.75, 3.05) is 25.3 Å². The molecule has 10 rings (SSSR count). The summed E-state index contributed by atoms with van der Waals surface area (Å²) in [5.41, 5.74) is 10.3. The van der Waals surface area contributed by atoms with Gasteiger partial charge in [0, 0.05) is 12.4 Å². The van der Waals surface area contributed by atoms with E-state index in [2.05, 4.69) is 15.3 Å². The number of methoxy groups -OCH3 is 2. The van der Waals surface area contributed by atoms with Crippen LogP contribution in [0.4, 0.5) is 29.2 Å². The maximum atomic E-state index is 17.4. The zero-order chi connectivity index (χ0) is 62.4. The summed E-state index contributed by atoms with van der Waals surface area (Å²) >= 11 is 0. The van der Waals surface area contributed by atoms with Crippen LogP contribution in [0.3, 0.4) is 0 Å². The molecule has 2 unspecified atom stereocenters. The molecule has 0 saturated carbocycles. The van der Waals surface area contributed by atoms with E-state index in [1.165, 1.54) is 26.1 Å². The summed E-state index contributed by atoms with van der Waals surface area (Å²) in [6.07, 6.45) is -12.3. The maximum absolute atomic E-state index is 17.4. The summed E-state index contributed by atoms with van der Waals surface area (Å²) in [5.74, 6) is -7.54. The minimum Gasteiger partial charge on any atom is -0.497 e. The van der Waals surface area contributed by atoms with Crippen LogP contribution in [0, 0.1) is 5.92 Å². The Morgan fingerprint density at radius 2 is 1.02 bits per heavy atom. The van der Waals surface area contributed by atoms with Gasteiger partial charge in [-0.15, -0.1) is 0 Å². The molecule has 2 fully saturated rings. The first-order valence-electron chi connectivity index (χ1n) is 27.9. The van der Waals surface area contributed by atoms with E-state index in [4.69, 9.17) is 39.9 Å². The number of rotatable bonds is 19. The Kier molecular flexibility index (Phi) is 18.8. The van der Waals surface area contributed by atoms with Gasteiger partial charge in [-0.25, -0.2) is 9.59 Å². The van der Waals surface area contributed by atoms with Crippen LogP contribution in [0.15, 0.2) is 204 Å². The van der Waals surface area contributed by atoms with Crippen molar-refractivity contribution in [2.45, 2.75) is 106 Å². The van der Waals surface area contributed by atoms with Gasteiger partial charge in [0.25, 0.3) is 0 Å². The number of ether oxygens (including phenoxy) is 6. The molecule has 6 aromatic carbocycles. The molecule has 4 heterocycles. The second-order valence-corrected chi connectivity index (χ2v) is 21.4. The first kappa shape index (κ1) is 62.8. The minimum atomic E-state index is -3.88. The number of nitrogens with two attached hydrogens (primary N) is 2. The molecule has 0 spiro atoms. The van der Waals surface area contributed by atoms with Crippen molar-refractivity contribution in [2.24, 2.45) is 11.7 Å². The third-order valence-electron chi connectivity index (χ3n) is 15.4. The fraction of sp³-hybridized carbons (Fsp3) is 0.308. The zero-order valence-electron chi connectivity index (χ0n) is 48.3. The van der Waals surface area contributed by atoms with Crippen molar-refractivity contribution in [1.82, 2.24) is 19.1 Å². The van der Waals surface area contributed by atoms with Gasteiger partial charge in [-0.05, 0) is 89.5 Å². The monoisotopic (exact) mass is 1200 g/mol. The number of nitrogen functional groups attached to an aromatic ring is 1. The summed E-state index contributed by atoms with van der Waals surface area (Å²) in [6.45, 7) is 6.05. The summed E-state index contributed by atoms with van der Waals surface area (Å²) < 4.78 is 99.0. The van der Waals surface area contributed by atoms with Gasteiger partial charge in [-0.1, -0.05) is 159 Å². The van der Waals surface area contributed by atoms with Crippen LogP contribution in [-0.2, 0) is 34.9 Å². The quantitative estimate of drug-likeness (QED) is 0.0289. The molecule has 2 aromatic heterocycles. The highest BCUT2D eigenvalue weighted by Crippen LogP contribution is 2.51. The average molecular weight is 1200 g/mol. The van der Waals surface area contributed by atoms with Gasteiger partial charge >= 0.3 is 29.2 Å². The molecular weight excluding hydrogens is 1130 g/mol. The number of carbonyl (C=O) groups is 1. The van der Waals surface area contributed by atoms with Crippen LogP contribution >= 0.6 is 0 Å². The third kappa shape index (κ3) is 12.5. The topological polar surface area (TPSA) is 247 Å². The summed E-state index contributed by atoms with van der Waals surface area (Å²) in [5, 5.41) is 24.6. The van der Waals surface area contributed by atoms with E-state index in [1.807, 2.05) is 97.1 Å². The molecule has 0 bridgehead atoms. The number of alkyl halides is 4. The number of esters is 1. The van der Waals surface area contributed by atoms with Crippen LogP contribution in [0.5, 0.6) is 11.5 Å². The van der Waals surface area contributed by atoms with E-state index in [0.717, 1.165) is 33.5 Å². The minimum absolute atomic E-state index is 0.123. The number of nitrogens with one attached hydrogen (secondary N) is 1. The van der Waals surface area contributed by atoms with Gasteiger partial charge < -0.3 is 55.4 Å². The summed E-state index contributed by atoms with van der Waals surface area (Å²) in [4.78, 5) is 45.6. The van der Waals surface area contributed by atoms with Crippen LogP contribution < -0.4 is 37.6 Å². The fourth-order valence-electron chi connectivity index (χ4n) is 10.8. The van der Waals surface area contributed by atoms with E-state index in [-0.39, 0.29) is 17.6 Å². The normalized spacial score (nSPS) is 20.8. The van der Waals surface area contributed by atoms with Crippen LogP contribution in [0.1, 0.15) is 73.5 Å². The van der Waals surface area contributed by atoms with Gasteiger partial charge in [0.05, 0.1) is 20.3 Å². The Balaban J connectivity index is 0.000000291. The number of hydrogen-bond donors (Lipinski definition) is 5. The molecule has 456 valence electrons. The van der Waals surface area contributed by atoms with Crippen molar-refractivity contribution >= 4 is 17.6 Å². The summed E-state index contributed by atoms with van der Waals surface area (Å²) in [7, 11) is 3.13. The molecule has 2 saturated heterocycles. The van der Waals surface area contributed by atoms with E-state index in [9.17, 15) is 33.4 Å². The first-order valence-corrected chi connectivity index (χ1v) is 27.9. The molecule has 0 amide bonds. The Bertz CT molecular complexity index is 3620. The number of halogens is 4. The van der Waals surface area contributed by atoms with Crippen molar-refractivity contribution in [3.05, 3.63) is 249 Å². The van der Waals surface area contributed by atoms with Gasteiger partial charge in [-0.2, -0.15) is 27.5 Å². The Hall–Kier alpha value is -8.77. The predicted molar refractivity (Wildman–Crippen MR) is 315 cm³/mol. The molecule has 22 heteroatoms. The van der Waals surface area contributed by atoms with Crippen molar-refractivity contribution in [3.8, 4) is 11.5 Å². The zero-order valence-corrected chi connectivity index (χ0v) is 48.3. The number of benzene rings is 6. The highest BCUT2D eigenvalue weighted by Gasteiger charge is 2.65. The van der Waals surface area contributed by atoms with Gasteiger partial charge in [0.1, 0.15) is 58.6 Å². The van der Waals surface area contributed by atoms with Crippen molar-refractivity contribution in [1.29, 1.82) is 0 Å². The molecule has 0 aliphatic carbocycles. The third-order valence-corrected chi connectivity index (χ3v) is 15.4. The molecule has 0 radical (unpaired) electrons. The lowest BCUT2D eigenvalue weighted by atomic mass is 9.77. The Morgan fingerprint density at radius 1 is 0.609 bits per heavy atom. The molecule has 18 nitrogen and oxygen atoms in total. The lowest BCUT2D eigenvalue weighted by Crippen LogP contribution is -2.50. The van der Waals surface area contributed by atoms with E-state index in [0.29, 0.717) is 32.8 Å². The maximum Gasteiger partial charge on any atom is 0.351 e. The Labute approximate surface area is 498 Å². The van der Waals surface area contributed by atoms with Crippen LogP contribution in [-0.4, -0.2) is 104 Å². The molecule has 9 atom stereocenters. The fourth-order valence-corrected chi connectivity index (χ4v) is 10.8. The molecule has 8 aromatic rings. The highest BCUT2D eigenvalue weighted by atomic mass is 19.3. The molecular formula is C65H67F4N7O11. The van der Waals surface area contributed by atoms with Gasteiger partial charge in [0.2, 0.25) is 12.5 Å². The lowest BCUT2D eigenvalue weighted by Gasteiger charge is -2.40. The SMILES string of the molecule is CC(C)[C@H](N)C(=O)OC(C)[C@H]1O[C@@H](n2ccc(N)nc2=O)C(F)(F)[C@@H]1O.COc1ccc(C(Nc2ccn([C@@H]3O[C@H](C(C)O)[C@@H](OC(c4ccccc4)(c4ccccc4)c4ccc(OC)cc4)C3(F)F)c(=O)n2)(c2ccccc2)c2ccccc2)cc1. The number of anilines is 2. The first-order chi connectivity index (χ1) is 41.6. The van der Waals surface area contributed by atoms with E-state index >= 15 is 8.78 Å². The number of aromatic nitrogens is 4. The highest BCUT2D eigenvalue weighted by molar-refractivity contribution is 5.76. The smallest absolute Gasteiger partial charge is 0.351 e. The van der Waals surface area contributed by atoms with E-state index < -0.39 is 95.5 Å². The molecule has 2 aliphatic rings. The molecule has 87 heavy (non-hydrogen) atoms. The summed E-state index contributed by atoms with van der Waals surface area (Å²) in [6, 6.07) is 53.6. The Morgan fingerprint density at radius 3 is 1.47 bits per heavy atom. The molecule has 7 N–H and O–H groups in total. The number of nitrogens with zero attached hydrogens (tertiary/aromatic N) is 4. The lowest BCUT2D eigenvalue weighted by molar-refractivity contribution is -0.182. The number of aliphatic hydroxyl groups excluding tert-OH is 2. The number of hydrogen-bond acceptors (Lipinski definition) is 16. The van der Waals surface area contributed by atoms with Crippen LogP contribution in [0.25, 0.3) is 0 Å². The second-order valence-electron chi connectivity index (χ2n) is 21.4. The number of carbonyl (C=O) groups excluding carboxylic acids is 1. The van der Waals surface area contributed by atoms with Gasteiger partial charge in [0.15, 0.2) is 12.2 Å². The van der Waals surface area contributed by atoms with Crippen molar-refractivity contribution in [3.63, 3.8) is 0 Å². The standard InChI is InChI=1S/C50H45F2N3O6.C15H22F2N4O5/c1-34(56)44-45(61-49(38-20-12-6-13-21-38,39-22-14-7-15-23-39)40-26-30-42(59-3)31-27-40)50(51,52)46(60-44)55-33-32-43(53-47(55)57)54-48(35-16-8-4-9-17-35,36-18-10-5-11-19-36)37-24-28-41(58-2)29-25-37;1-6(2)9(19)12(23)25-7(3)10-11(22)15(16,17)13(26-10)21-5-4-8(18)20-14(21)24/h4-34,44-46,56H,1-3H3,(H,53,54,57);4-7,9-11,13,22H,19H2,1-3H3,(H2,18,20,24)/t34?,44-,45-,46-;7?,9-,10+,11+,13+/m10/s1. The largest absolute Gasteiger partial charge is 0.497 e. The predicted octanol–water partition coefficient (Wildman–Crippen LogP) is 8.59. The van der Waals surface area contributed by atoms with Crippen molar-refractivity contribution < 1.29 is 61.0 Å². The molecule has 2 aliphatic heterocycles. The van der Waals surface area contributed by atoms with E-state index in [1.54, 1.807) is 101 Å². The van der Waals surface area contributed by atoms with Gasteiger partial charge in [-0.3, -0.25) is 13.9 Å². The van der Waals surface area contributed by atoms with Crippen LogP contribution in [0.2, 0.25) is 0 Å².